The number of hydrogen-bond acceptors (Lipinski definition) is 3. The summed E-state index contributed by atoms with van der Waals surface area (Å²) < 4.78 is 1.30. The van der Waals surface area contributed by atoms with Crippen molar-refractivity contribution in [1.82, 2.24) is 4.47 Å². The van der Waals surface area contributed by atoms with Crippen molar-refractivity contribution in [1.29, 1.82) is 0 Å². The molecule has 0 bridgehead atoms. The smallest absolute Gasteiger partial charge is 0.0983 e. The van der Waals surface area contributed by atoms with Gasteiger partial charge in [-0.05, 0) is 6.08 Å². The number of nitrogens with zero attached hydrogens (tertiary/aromatic N) is 1. The average molecular weight is 184 g/mol. The van der Waals surface area contributed by atoms with E-state index in [-0.39, 0.29) is 0 Å². The van der Waals surface area contributed by atoms with Gasteiger partial charge in [-0.25, -0.2) is 0 Å². The third kappa shape index (κ3) is 2.10. The summed E-state index contributed by atoms with van der Waals surface area (Å²) in [5.74, 6) is 0. The van der Waals surface area contributed by atoms with Crippen LogP contribution in [0.1, 0.15) is 0 Å². The van der Waals surface area contributed by atoms with E-state index in [4.69, 9.17) is 28.4 Å². The van der Waals surface area contributed by atoms with Crippen molar-refractivity contribution in [2.45, 2.75) is 0 Å². The fraction of sp³-hybridized carbons (Fsp3) is 0. The molecule has 1 heterocycles. The van der Waals surface area contributed by atoms with E-state index in [1.807, 2.05) is 0 Å². The van der Waals surface area contributed by atoms with Crippen LogP contribution in [0.25, 0.3) is 0 Å². The summed E-state index contributed by atoms with van der Waals surface area (Å²) in [6.45, 7) is 0. The van der Waals surface area contributed by atoms with Crippen LogP contribution in [-0.4, -0.2) is 9.68 Å². The Labute approximate surface area is 66.8 Å². The molecule has 0 saturated carbocycles. The molecule has 0 unspecified atom stereocenters. The van der Waals surface area contributed by atoms with Crippen molar-refractivity contribution >= 4 is 35.1 Å². The van der Waals surface area contributed by atoms with E-state index < -0.39 is 0 Å². The van der Waals surface area contributed by atoms with Crippen LogP contribution in [-0.2, 0) is 0 Å². The Morgan fingerprint density at radius 2 is 2.22 bits per heavy atom. The van der Waals surface area contributed by atoms with Gasteiger partial charge in [0.25, 0.3) is 0 Å². The molecule has 0 radical (unpaired) electrons. The lowest BCUT2D eigenvalue weighted by Gasteiger charge is -2.12. The molecule has 1 N–H and O–H groups in total. The van der Waals surface area contributed by atoms with E-state index in [0.717, 1.165) is 16.4 Å². The molecule has 0 aromatic heterocycles. The van der Waals surface area contributed by atoms with E-state index in [1.54, 1.807) is 6.08 Å². The standard InChI is InChI=1S/C4H3Cl2NOS/c5-3-1-4(6)9-7(8)2-3/h1-2,8H. The molecular weight excluding hydrogens is 181 g/mol. The summed E-state index contributed by atoms with van der Waals surface area (Å²) in [6.07, 6.45) is 2.92. The first-order valence-electron chi connectivity index (χ1n) is 2.09. The second-order valence-electron chi connectivity index (χ2n) is 1.36. The monoisotopic (exact) mass is 183 g/mol. The molecule has 0 aromatic rings. The minimum Gasteiger partial charge on any atom is -0.278 e. The van der Waals surface area contributed by atoms with Crippen molar-refractivity contribution in [2.75, 3.05) is 0 Å². The van der Waals surface area contributed by atoms with Gasteiger partial charge in [0.05, 0.1) is 15.6 Å². The van der Waals surface area contributed by atoms with Crippen molar-refractivity contribution < 1.29 is 5.21 Å². The molecule has 1 aliphatic heterocycles. The fourth-order valence-electron chi connectivity index (χ4n) is 0.393. The van der Waals surface area contributed by atoms with Gasteiger partial charge in [-0.15, -0.1) is 0 Å². The molecule has 50 valence electrons. The third-order valence-corrected chi connectivity index (χ3v) is 1.77. The van der Waals surface area contributed by atoms with Gasteiger partial charge in [0.15, 0.2) is 0 Å². The fourth-order valence-corrected chi connectivity index (χ4v) is 1.63. The topological polar surface area (TPSA) is 23.5 Å². The van der Waals surface area contributed by atoms with Crippen molar-refractivity contribution in [3.05, 3.63) is 21.7 Å². The zero-order valence-electron chi connectivity index (χ0n) is 4.21. The van der Waals surface area contributed by atoms with Gasteiger partial charge in [0.2, 0.25) is 0 Å². The van der Waals surface area contributed by atoms with Gasteiger partial charge >= 0.3 is 0 Å². The minimum absolute atomic E-state index is 0.418. The maximum atomic E-state index is 8.76. The van der Waals surface area contributed by atoms with Crippen LogP contribution in [0, 0.1) is 0 Å². The van der Waals surface area contributed by atoms with Crippen LogP contribution in [0.2, 0.25) is 0 Å². The highest BCUT2D eigenvalue weighted by molar-refractivity contribution is 8.02. The molecular formula is C4H3Cl2NOS. The lowest BCUT2D eigenvalue weighted by Crippen LogP contribution is -2.02. The summed E-state index contributed by atoms with van der Waals surface area (Å²) >= 11 is 12.0. The Balaban J connectivity index is 2.74. The lowest BCUT2D eigenvalue weighted by molar-refractivity contribution is 0.0693. The molecule has 0 amide bonds. The Kier molecular flexibility index (Phi) is 2.29. The molecule has 0 atom stereocenters. The van der Waals surface area contributed by atoms with Crippen LogP contribution < -0.4 is 0 Å². The number of halogens is 2. The number of hydrogen-bond donors (Lipinski definition) is 1. The Bertz CT molecular complexity index is 179. The van der Waals surface area contributed by atoms with Crippen molar-refractivity contribution in [3.63, 3.8) is 0 Å². The summed E-state index contributed by atoms with van der Waals surface area (Å²) in [4.78, 5) is 0. The van der Waals surface area contributed by atoms with Gasteiger partial charge in [0, 0.05) is 11.9 Å². The van der Waals surface area contributed by atoms with Gasteiger partial charge in [-0.3, -0.25) is 5.21 Å². The first kappa shape index (κ1) is 7.28. The van der Waals surface area contributed by atoms with Crippen LogP contribution in [0.5, 0.6) is 0 Å². The summed E-state index contributed by atoms with van der Waals surface area (Å²) in [6, 6.07) is 0. The van der Waals surface area contributed by atoms with E-state index >= 15 is 0 Å². The molecule has 9 heavy (non-hydrogen) atoms. The highest BCUT2D eigenvalue weighted by Gasteiger charge is 2.06. The molecule has 5 heteroatoms. The quantitative estimate of drug-likeness (QED) is 0.585. The molecule has 1 aliphatic rings. The van der Waals surface area contributed by atoms with Gasteiger partial charge < -0.3 is 0 Å². The van der Waals surface area contributed by atoms with Crippen LogP contribution in [0.3, 0.4) is 0 Å². The van der Waals surface area contributed by atoms with Crippen molar-refractivity contribution in [2.24, 2.45) is 0 Å². The van der Waals surface area contributed by atoms with Crippen LogP contribution in [0.15, 0.2) is 21.7 Å². The van der Waals surface area contributed by atoms with E-state index in [9.17, 15) is 0 Å². The van der Waals surface area contributed by atoms with Crippen molar-refractivity contribution in [3.8, 4) is 0 Å². The highest BCUT2D eigenvalue weighted by atomic mass is 35.5. The predicted octanol–water partition coefficient (Wildman–Crippen LogP) is 2.50. The summed E-state index contributed by atoms with van der Waals surface area (Å²) in [7, 11) is 0. The van der Waals surface area contributed by atoms with Gasteiger partial charge in [-0.2, -0.15) is 4.47 Å². The van der Waals surface area contributed by atoms with E-state index in [1.165, 1.54) is 6.20 Å². The van der Waals surface area contributed by atoms with E-state index in [2.05, 4.69) is 0 Å². The van der Waals surface area contributed by atoms with E-state index in [0.29, 0.717) is 9.40 Å². The largest absolute Gasteiger partial charge is 0.278 e. The minimum atomic E-state index is 0.418. The second-order valence-corrected chi connectivity index (χ2v) is 3.42. The van der Waals surface area contributed by atoms with Crippen LogP contribution in [0.4, 0.5) is 0 Å². The number of hydroxylamine groups is 1. The SMILES string of the molecule is ON1C=C(Cl)C=C(Cl)S1. The normalized spacial score (nSPS) is 19.2. The molecule has 2 nitrogen and oxygen atoms in total. The number of allylic oxidation sites excluding steroid dienone is 2. The molecule has 0 fully saturated rings. The third-order valence-electron chi connectivity index (χ3n) is 0.666. The Hall–Kier alpha value is 0.170. The average Bonchev–Trinajstić information content (AvgIpc) is 1.59. The molecule has 0 spiro atoms. The zero-order valence-corrected chi connectivity index (χ0v) is 6.54. The molecule has 0 saturated heterocycles. The molecule has 0 aromatic carbocycles. The zero-order chi connectivity index (χ0) is 6.85. The first-order valence-corrected chi connectivity index (χ1v) is 3.62. The highest BCUT2D eigenvalue weighted by Crippen LogP contribution is 2.30. The first-order chi connectivity index (χ1) is 4.18. The second kappa shape index (κ2) is 2.84. The summed E-state index contributed by atoms with van der Waals surface area (Å²) in [5, 5.41) is 9.18. The number of rotatable bonds is 0. The van der Waals surface area contributed by atoms with Crippen LogP contribution >= 0.6 is 35.1 Å². The molecule has 0 aliphatic carbocycles. The maximum Gasteiger partial charge on any atom is 0.0983 e. The predicted molar refractivity (Wildman–Crippen MR) is 39.1 cm³/mol. The van der Waals surface area contributed by atoms with Gasteiger partial charge in [-0.1, -0.05) is 23.2 Å². The van der Waals surface area contributed by atoms with Gasteiger partial charge in [0.1, 0.15) is 0 Å². The maximum absolute atomic E-state index is 8.76. The molecule has 1 rings (SSSR count). The summed E-state index contributed by atoms with van der Waals surface area (Å²) in [5.41, 5.74) is 0. The Morgan fingerprint density at radius 3 is 2.67 bits per heavy atom. The lowest BCUT2D eigenvalue weighted by atomic mass is 10.6. The Morgan fingerprint density at radius 1 is 1.56 bits per heavy atom.